The molecule has 1 fully saturated rings. The van der Waals surface area contributed by atoms with E-state index in [1.54, 1.807) is 0 Å². The maximum Gasteiger partial charge on any atom is 0.140 e. The van der Waals surface area contributed by atoms with Crippen molar-refractivity contribution in [1.29, 1.82) is 0 Å². The Balaban J connectivity index is 2.34. The fourth-order valence-corrected chi connectivity index (χ4v) is 2.40. The van der Waals surface area contributed by atoms with Gasteiger partial charge in [-0.1, -0.05) is 17.7 Å². The molecule has 1 saturated carbocycles. The molecule has 0 amide bonds. The number of fused-ring (bicyclic) bond motifs is 2. The molecule has 3 rings (SSSR count). The van der Waals surface area contributed by atoms with E-state index < -0.39 is 0 Å². The molecule has 0 aromatic heterocycles. The molecule has 0 saturated heterocycles. The molecule has 0 spiro atoms. The minimum Gasteiger partial charge on any atom is -0.299 e. The lowest BCUT2D eigenvalue weighted by atomic mass is 9.65. The van der Waals surface area contributed by atoms with Gasteiger partial charge in [0.1, 0.15) is 5.78 Å². The fourth-order valence-electron chi connectivity index (χ4n) is 2.40. The lowest BCUT2D eigenvalue weighted by Gasteiger charge is -2.38. The number of carbonyl (C=O) groups excluding carboxylic acids is 1. The molecule has 0 radical (unpaired) electrons. The predicted octanol–water partition coefficient (Wildman–Crippen LogP) is 2.34. The zero-order chi connectivity index (χ0) is 8.72. The first kappa shape index (κ1) is 7.78. The van der Waals surface area contributed by atoms with Gasteiger partial charge < -0.3 is 0 Å². The van der Waals surface area contributed by atoms with Crippen molar-refractivity contribution < 1.29 is 4.79 Å². The zero-order valence-corrected chi connectivity index (χ0v) is 7.42. The Kier molecular flexibility index (Phi) is 1.67. The molecule has 1 nitrogen and oxygen atoms in total. The summed E-state index contributed by atoms with van der Waals surface area (Å²) in [5, 5.41) is 0. The van der Waals surface area contributed by atoms with Gasteiger partial charge in [-0.15, -0.1) is 6.58 Å². The Morgan fingerprint density at radius 2 is 2.42 bits per heavy atom. The highest BCUT2D eigenvalue weighted by Crippen LogP contribution is 2.42. The molecule has 0 aromatic carbocycles. The van der Waals surface area contributed by atoms with Gasteiger partial charge in [0.05, 0.1) is 0 Å². The zero-order valence-electron chi connectivity index (χ0n) is 7.42. The van der Waals surface area contributed by atoms with Crippen LogP contribution in [-0.4, -0.2) is 5.78 Å². The smallest absolute Gasteiger partial charge is 0.140 e. The van der Waals surface area contributed by atoms with Gasteiger partial charge in [-0.3, -0.25) is 4.79 Å². The highest BCUT2D eigenvalue weighted by molar-refractivity contribution is 5.86. The molecule has 0 N–H and O–H groups in total. The Hall–Kier alpha value is -0.850. The van der Waals surface area contributed by atoms with Crippen LogP contribution in [0.3, 0.4) is 0 Å². The van der Waals surface area contributed by atoms with E-state index in [9.17, 15) is 4.79 Å². The van der Waals surface area contributed by atoms with Crippen LogP contribution >= 0.6 is 0 Å². The molecule has 12 heavy (non-hydrogen) atoms. The topological polar surface area (TPSA) is 17.1 Å². The highest BCUT2D eigenvalue weighted by Gasteiger charge is 2.38. The molecule has 64 valence electrons. The average molecular weight is 162 g/mol. The van der Waals surface area contributed by atoms with Gasteiger partial charge >= 0.3 is 0 Å². The monoisotopic (exact) mass is 162 g/mol. The summed E-state index contributed by atoms with van der Waals surface area (Å²) in [7, 11) is 0. The Morgan fingerprint density at radius 3 is 3.00 bits per heavy atom. The largest absolute Gasteiger partial charge is 0.299 e. The fraction of sp³-hybridized carbons (Fsp3) is 0.545. The van der Waals surface area contributed by atoms with Crippen LogP contribution in [0.15, 0.2) is 24.3 Å². The van der Waals surface area contributed by atoms with Crippen LogP contribution in [0.5, 0.6) is 0 Å². The lowest BCUT2D eigenvalue weighted by molar-refractivity contribution is -0.126. The van der Waals surface area contributed by atoms with Crippen LogP contribution in [0.2, 0.25) is 0 Å². The van der Waals surface area contributed by atoms with E-state index in [-0.39, 0.29) is 5.92 Å². The molecule has 3 atom stereocenters. The van der Waals surface area contributed by atoms with E-state index in [4.69, 9.17) is 0 Å². The summed E-state index contributed by atoms with van der Waals surface area (Å²) < 4.78 is 0. The van der Waals surface area contributed by atoms with E-state index >= 15 is 0 Å². The molecule has 0 aliphatic heterocycles. The van der Waals surface area contributed by atoms with Gasteiger partial charge in [0, 0.05) is 12.3 Å². The third kappa shape index (κ3) is 0.961. The summed E-state index contributed by atoms with van der Waals surface area (Å²) in [6.07, 6.45) is 6.00. The van der Waals surface area contributed by atoms with Crippen molar-refractivity contribution >= 4 is 5.78 Å². The SMILES string of the molecule is C=C[C@H]1C[C@@H]2CC(=O)[C@H]1C=C2C. The summed E-state index contributed by atoms with van der Waals surface area (Å²) in [6.45, 7) is 5.92. The summed E-state index contributed by atoms with van der Waals surface area (Å²) >= 11 is 0. The number of Topliss-reactive ketones (excluding diaryl/α,β-unsaturated/α-hetero) is 1. The van der Waals surface area contributed by atoms with Crippen molar-refractivity contribution in [2.45, 2.75) is 19.8 Å². The first-order valence-corrected chi connectivity index (χ1v) is 4.56. The molecular formula is C11H14O. The minimum absolute atomic E-state index is 0.160. The van der Waals surface area contributed by atoms with Crippen molar-refractivity contribution in [3.05, 3.63) is 24.3 Å². The number of rotatable bonds is 1. The normalized spacial score (nSPS) is 39.6. The highest BCUT2D eigenvalue weighted by atomic mass is 16.1. The molecule has 0 heterocycles. The Labute approximate surface area is 73.2 Å². The van der Waals surface area contributed by atoms with Gasteiger partial charge in [-0.05, 0) is 25.2 Å². The average Bonchev–Trinajstić information content (AvgIpc) is 2.06. The second-order valence-electron chi connectivity index (χ2n) is 3.94. The van der Waals surface area contributed by atoms with Crippen molar-refractivity contribution in [2.24, 2.45) is 17.8 Å². The number of hydrogen-bond acceptors (Lipinski definition) is 1. The molecular weight excluding hydrogens is 148 g/mol. The van der Waals surface area contributed by atoms with Gasteiger partial charge in [0.15, 0.2) is 0 Å². The third-order valence-electron chi connectivity index (χ3n) is 3.23. The predicted molar refractivity (Wildman–Crippen MR) is 48.7 cm³/mol. The quantitative estimate of drug-likeness (QED) is 0.541. The van der Waals surface area contributed by atoms with Gasteiger partial charge in [-0.2, -0.15) is 0 Å². The molecule has 2 bridgehead atoms. The second kappa shape index (κ2) is 2.58. The van der Waals surface area contributed by atoms with Gasteiger partial charge in [-0.25, -0.2) is 0 Å². The first-order valence-electron chi connectivity index (χ1n) is 4.56. The van der Waals surface area contributed by atoms with Gasteiger partial charge in [0.25, 0.3) is 0 Å². The molecule has 0 unspecified atom stereocenters. The lowest BCUT2D eigenvalue weighted by Crippen LogP contribution is -2.36. The van der Waals surface area contributed by atoms with Crippen molar-refractivity contribution in [3.63, 3.8) is 0 Å². The van der Waals surface area contributed by atoms with Crippen LogP contribution in [0.25, 0.3) is 0 Å². The van der Waals surface area contributed by atoms with Crippen LogP contribution in [0.1, 0.15) is 19.8 Å². The van der Waals surface area contributed by atoms with Crippen molar-refractivity contribution in [1.82, 2.24) is 0 Å². The summed E-state index contributed by atoms with van der Waals surface area (Å²) in [5.74, 6) is 1.51. The van der Waals surface area contributed by atoms with E-state index in [0.717, 1.165) is 12.8 Å². The number of hydrogen-bond donors (Lipinski definition) is 0. The maximum absolute atomic E-state index is 11.5. The van der Waals surface area contributed by atoms with Crippen molar-refractivity contribution in [3.8, 4) is 0 Å². The Morgan fingerprint density at radius 1 is 1.67 bits per heavy atom. The van der Waals surface area contributed by atoms with Gasteiger partial charge in [0.2, 0.25) is 0 Å². The maximum atomic E-state index is 11.5. The molecule has 1 heteroatoms. The van der Waals surface area contributed by atoms with Crippen LogP contribution in [0.4, 0.5) is 0 Å². The third-order valence-corrected chi connectivity index (χ3v) is 3.23. The molecule has 0 aromatic rings. The van der Waals surface area contributed by atoms with E-state index in [0.29, 0.717) is 17.6 Å². The Bertz CT molecular complexity index is 262. The van der Waals surface area contributed by atoms with Crippen LogP contribution in [-0.2, 0) is 4.79 Å². The number of ketones is 1. The van der Waals surface area contributed by atoms with Crippen molar-refractivity contribution in [2.75, 3.05) is 0 Å². The summed E-state index contributed by atoms with van der Waals surface area (Å²) in [5.41, 5.74) is 1.41. The molecule has 3 aliphatic rings. The van der Waals surface area contributed by atoms with E-state index in [2.05, 4.69) is 19.6 Å². The number of carbonyl (C=O) groups is 1. The minimum atomic E-state index is 0.160. The van der Waals surface area contributed by atoms with Crippen LogP contribution in [0, 0.1) is 17.8 Å². The summed E-state index contributed by atoms with van der Waals surface area (Å²) in [4.78, 5) is 11.5. The van der Waals surface area contributed by atoms with E-state index in [1.807, 2.05) is 6.08 Å². The summed E-state index contributed by atoms with van der Waals surface area (Å²) in [6, 6.07) is 0. The number of allylic oxidation sites excluding steroid dienone is 3. The first-order chi connectivity index (χ1) is 5.72. The van der Waals surface area contributed by atoms with Crippen LogP contribution < -0.4 is 0 Å². The molecule has 3 aliphatic carbocycles. The second-order valence-corrected chi connectivity index (χ2v) is 3.94. The van der Waals surface area contributed by atoms with E-state index in [1.165, 1.54) is 5.57 Å². The standard InChI is InChI=1S/C11H14O/c1-3-8-5-9-6-11(12)10(8)4-7(9)2/h3-4,8-10H,1,5-6H2,2H3/t8-,9+,10-/m0/s1.